The van der Waals surface area contributed by atoms with Crippen molar-refractivity contribution in [1.82, 2.24) is 10.3 Å². The Morgan fingerprint density at radius 2 is 1.64 bits per heavy atom. The molecule has 39 heavy (non-hydrogen) atoms. The van der Waals surface area contributed by atoms with Gasteiger partial charge in [0.25, 0.3) is 0 Å². The average molecular weight is 585 g/mol. The van der Waals surface area contributed by atoms with Gasteiger partial charge in [0.15, 0.2) is 30.2 Å². The molecule has 14 nitrogen and oxygen atoms in total. The molecule has 5 atom stereocenters. The third-order valence-corrected chi connectivity index (χ3v) is 5.65. The second kappa shape index (κ2) is 12.8. The number of ether oxygens (including phenoxy) is 5. The van der Waals surface area contributed by atoms with Crippen LogP contribution in [-0.2, 0) is 42.9 Å². The number of halogens is 1. The van der Waals surface area contributed by atoms with Crippen LogP contribution in [0.1, 0.15) is 27.7 Å². The summed E-state index contributed by atoms with van der Waals surface area (Å²) in [5.74, 6) is -3.26. The van der Waals surface area contributed by atoms with Gasteiger partial charge in [0.2, 0.25) is 11.0 Å². The predicted octanol–water partition coefficient (Wildman–Crippen LogP) is 2.57. The fourth-order valence-corrected chi connectivity index (χ4v) is 4.16. The number of H-pyrrole nitrogens is 1. The highest BCUT2D eigenvalue weighted by Gasteiger charge is 2.52. The van der Waals surface area contributed by atoms with E-state index in [-0.39, 0.29) is 16.7 Å². The van der Waals surface area contributed by atoms with E-state index in [4.69, 9.17) is 47.5 Å². The smallest absolute Gasteiger partial charge is 0.303 e. The van der Waals surface area contributed by atoms with Gasteiger partial charge in [-0.1, -0.05) is 11.6 Å². The lowest BCUT2D eigenvalue weighted by Gasteiger charge is -2.44. The Labute approximate surface area is 231 Å². The van der Waals surface area contributed by atoms with Crippen LogP contribution in [0.15, 0.2) is 28.4 Å². The number of rotatable bonds is 7. The molecule has 210 valence electrons. The molecular formula is C23H25ClN4O10S. The van der Waals surface area contributed by atoms with Crippen molar-refractivity contribution in [3.05, 3.63) is 23.2 Å². The van der Waals surface area contributed by atoms with Crippen LogP contribution in [0.4, 0.5) is 5.69 Å². The summed E-state index contributed by atoms with van der Waals surface area (Å²) in [4.78, 5) is 49.9. The number of carbonyl (C=O) groups is 4. The normalized spacial score (nSPS) is 22.7. The van der Waals surface area contributed by atoms with E-state index in [2.05, 4.69) is 20.5 Å². The second-order valence-electron chi connectivity index (χ2n) is 8.28. The van der Waals surface area contributed by atoms with Gasteiger partial charge in [-0.25, -0.2) is 0 Å². The Morgan fingerprint density at radius 3 is 2.26 bits per heavy atom. The van der Waals surface area contributed by atoms with Gasteiger partial charge in [-0.05, 0) is 30.4 Å². The molecule has 0 radical (unpaired) electrons. The average Bonchev–Trinajstić information content (AvgIpc) is 3.13. The molecule has 1 aromatic carbocycles. The van der Waals surface area contributed by atoms with Crippen molar-refractivity contribution in [2.45, 2.75) is 58.3 Å². The van der Waals surface area contributed by atoms with Crippen molar-refractivity contribution in [2.24, 2.45) is 10.2 Å². The molecule has 1 saturated heterocycles. The van der Waals surface area contributed by atoms with Crippen molar-refractivity contribution in [3.8, 4) is 5.88 Å². The fourth-order valence-electron chi connectivity index (χ4n) is 3.83. The number of aromatic nitrogens is 1. The maximum Gasteiger partial charge on any atom is 0.303 e. The van der Waals surface area contributed by atoms with Crippen molar-refractivity contribution in [3.63, 3.8) is 0 Å². The van der Waals surface area contributed by atoms with Crippen LogP contribution in [0.5, 0.6) is 5.88 Å². The third-order valence-electron chi connectivity index (χ3n) is 5.21. The number of thiocarbonyl (C=S) groups is 1. The van der Waals surface area contributed by atoms with Gasteiger partial charge >= 0.3 is 23.9 Å². The quantitative estimate of drug-likeness (QED) is 0.187. The predicted molar refractivity (Wildman–Crippen MR) is 137 cm³/mol. The van der Waals surface area contributed by atoms with Crippen LogP contribution < -0.4 is 5.32 Å². The second-order valence-corrected chi connectivity index (χ2v) is 9.10. The monoisotopic (exact) mass is 584 g/mol. The number of fused-ring (bicyclic) bond motifs is 1. The summed E-state index contributed by atoms with van der Waals surface area (Å²) < 4.78 is 26.9. The van der Waals surface area contributed by atoms with Crippen molar-refractivity contribution < 1.29 is 48.0 Å². The standard InChI is InChI=1S/C23H25ClN4O10S/c1-9(29)34-8-16-18(35-10(2)30)19(36-11(3)31)20(37-12(4)32)22(38-16)26-23(39)28-27-17-14-7-13(24)5-6-15(14)25-21(17)33/h5-7,16,18-20,22,25,33H,8H2,1-4H3,(H,26,39)/t16-,18-,19+,20-,22-/m1/s1. The SMILES string of the molecule is CC(=O)OC[C@H]1O[C@@H](NC(=S)N=Nc2c(O)[nH]c3ccc(Cl)cc23)[C@H](OC(C)=O)[C@@H](OC(C)=O)[C@@H]1OC(C)=O. The van der Waals surface area contributed by atoms with Gasteiger partial charge in [-0.15, -0.1) is 10.2 Å². The van der Waals surface area contributed by atoms with Gasteiger partial charge in [0.1, 0.15) is 12.7 Å². The van der Waals surface area contributed by atoms with E-state index in [0.29, 0.717) is 15.9 Å². The van der Waals surface area contributed by atoms with Crippen LogP contribution in [0.3, 0.4) is 0 Å². The Hall–Kier alpha value is -3.82. The zero-order valence-electron chi connectivity index (χ0n) is 21.1. The Kier molecular flexibility index (Phi) is 9.77. The zero-order chi connectivity index (χ0) is 28.9. The minimum Gasteiger partial charge on any atom is -0.493 e. The first-order valence-electron chi connectivity index (χ1n) is 11.4. The first-order chi connectivity index (χ1) is 18.3. The van der Waals surface area contributed by atoms with E-state index in [0.717, 1.165) is 27.7 Å². The molecule has 0 aliphatic carbocycles. The first kappa shape index (κ1) is 29.7. The molecule has 16 heteroatoms. The molecule has 0 unspecified atom stereocenters. The van der Waals surface area contributed by atoms with Crippen molar-refractivity contribution >= 4 is 69.4 Å². The minimum absolute atomic E-state index is 0.0539. The largest absolute Gasteiger partial charge is 0.493 e. The summed E-state index contributed by atoms with van der Waals surface area (Å²) >= 11 is 11.3. The molecule has 1 aromatic heterocycles. The number of hydrogen-bond acceptors (Lipinski definition) is 12. The molecule has 1 aliphatic rings. The van der Waals surface area contributed by atoms with E-state index < -0.39 is 61.1 Å². The lowest BCUT2D eigenvalue weighted by Crippen LogP contribution is -2.66. The summed E-state index contributed by atoms with van der Waals surface area (Å²) in [5, 5.41) is 21.4. The van der Waals surface area contributed by atoms with Crippen molar-refractivity contribution in [2.75, 3.05) is 6.61 Å². The summed E-state index contributed by atoms with van der Waals surface area (Å²) in [6, 6.07) is 4.83. The number of aromatic hydroxyl groups is 1. The number of hydrogen-bond donors (Lipinski definition) is 3. The first-order valence-corrected chi connectivity index (χ1v) is 12.2. The fraction of sp³-hybridized carbons (Fsp3) is 0.435. The highest BCUT2D eigenvalue weighted by Crippen LogP contribution is 2.37. The summed E-state index contributed by atoms with van der Waals surface area (Å²) in [6.45, 7) is 4.08. The van der Waals surface area contributed by atoms with Crippen molar-refractivity contribution in [1.29, 1.82) is 0 Å². The number of esters is 4. The van der Waals surface area contributed by atoms with E-state index in [1.54, 1.807) is 18.2 Å². The van der Waals surface area contributed by atoms with E-state index in [1.807, 2.05) is 0 Å². The van der Waals surface area contributed by atoms with E-state index in [1.165, 1.54) is 0 Å². The van der Waals surface area contributed by atoms with Gasteiger partial charge in [0.05, 0.1) is 5.52 Å². The number of benzene rings is 1. The number of carbonyl (C=O) groups excluding carboxylic acids is 4. The molecular weight excluding hydrogens is 560 g/mol. The van der Waals surface area contributed by atoms with Gasteiger partial charge in [0, 0.05) is 38.1 Å². The number of azo groups is 1. The molecule has 3 rings (SSSR count). The molecule has 0 saturated carbocycles. The number of nitrogens with zero attached hydrogens (tertiary/aromatic N) is 2. The van der Waals surface area contributed by atoms with Gasteiger partial charge in [-0.2, -0.15) is 0 Å². The van der Waals surface area contributed by atoms with Crippen LogP contribution in [0.25, 0.3) is 10.9 Å². The van der Waals surface area contributed by atoms with Crippen LogP contribution in [0, 0.1) is 0 Å². The molecule has 0 amide bonds. The Bertz CT molecular complexity index is 1320. The summed E-state index contributed by atoms with van der Waals surface area (Å²) in [6.07, 6.45) is -6.61. The maximum atomic E-state index is 11.9. The molecule has 3 N–H and O–H groups in total. The van der Waals surface area contributed by atoms with E-state index in [9.17, 15) is 24.3 Å². The number of nitrogens with one attached hydrogen (secondary N) is 2. The van der Waals surface area contributed by atoms with E-state index >= 15 is 0 Å². The highest BCUT2D eigenvalue weighted by molar-refractivity contribution is 7.80. The molecule has 1 fully saturated rings. The van der Waals surface area contributed by atoms with Crippen LogP contribution in [0.2, 0.25) is 5.02 Å². The molecule has 0 bridgehead atoms. The number of aromatic amines is 1. The van der Waals surface area contributed by atoms with Crippen LogP contribution in [-0.4, -0.2) is 76.3 Å². The maximum absolute atomic E-state index is 11.9. The lowest BCUT2D eigenvalue weighted by atomic mass is 9.97. The third kappa shape index (κ3) is 7.84. The molecule has 0 spiro atoms. The topological polar surface area (TPSA) is 187 Å². The minimum atomic E-state index is -1.39. The van der Waals surface area contributed by atoms with Gasteiger partial charge < -0.3 is 39.1 Å². The Balaban J connectivity index is 1.92. The van der Waals surface area contributed by atoms with Gasteiger partial charge in [-0.3, -0.25) is 19.2 Å². The lowest BCUT2D eigenvalue weighted by molar-refractivity contribution is -0.254. The Morgan fingerprint density at radius 1 is 1.03 bits per heavy atom. The molecule has 2 heterocycles. The molecule has 2 aromatic rings. The van der Waals surface area contributed by atoms with Crippen LogP contribution >= 0.6 is 23.8 Å². The highest BCUT2D eigenvalue weighted by atomic mass is 35.5. The summed E-state index contributed by atoms with van der Waals surface area (Å²) in [5.41, 5.74) is 0.600. The molecule has 1 aliphatic heterocycles. The summed E-state index contributed by atoms with van der Waals surface area (Å²) in [7, 11) is 0. The zero-order valence-corrected chi connectivity index (χ0v) is 22.7.